The quantitative estimate of drug-likeness (QED) is 0.780. The van der Waals surface area contributed by atoms with Crippen molar-refractivity contribution >= 4 is 45.0 Å². The summed E-state index contributed by atoms with van der Waals surface area (Å²) in [6.45, 7) is -0.417. The molecule has 0 aliphatic carbocycles. The van der Waals surface area contributed by atoms with Gasteiger partial charge in [-0.25, -0.2) is 4.98 Å². The first-order chi connectivity index (χ1) is 8.72. The van der Waals surface area contributed by atoms with Gasteiger partial charge in [-0.15, -0.1) is 0 Å². The number of amides is 1. The molecular formula is C9H12Cl2N4O3S. The maximum atomic E-state index is 11.5. The lowest BCUT2D eigenvalue weighted by molar-refractivity contribution is -0.115. The van der Waals surface area contributed by atoms with E-state index in [4.69, 9.17) is 23.2 Å². The number of carbonyl (C=O) groups is 1. The monoisotopic (exact) mass is 326 g/mol. The van der Waals surface area contributed by atoms with Gasteiger partial charge in [0.2, 0.25) is 5.91 Å². The highest BCUT2D eigenvalue weighted by atomic mass is 35.5. The van der Waals surface area contributed by atoms with Crippen LogP contribution in [0.4, 0.5) is 5.69 Å². The van der Waals surface area contributed by atoms with E-state index in [9.17, 15) is 13.2 Å². The number of halogens is 2. The van der Waals surface area contributed by atoms with E-state index in [1.807, 2.05) is 0 Å². The summed E-state index contributed by atoms with van der Waals surface area (Å²) in [5.74, 6) is -0.573. The number of aromatic nitrogens is 1. The molecule has 0 aromatic carbocycles. The second-order valence-electron chi connectivity index (χ2n) is 3.63. The standard InChI is InChI=1S/C9H12Cl2N4O3S/c1-15(2)19(17,18)12-5-8(16)13-6-3-4-7(10)14-9(6)11/h3-4,12H,5H2,1-2H3,(H,13,16). The minimum absolute atomic E-state index is 0.0244. The van der Waals surface area contributed by atoms with Gasteiger partial charge in [-0.1, -0.05) is 23.2 Å². The fourth-order valence-electron chi connectivity index (χ4n) is 0.986. The zero-order chi connectivity index (χ0) is 14.6. The summed E-state index contributed by atoms with van der Waals surface area (Å²) >= 11 is 11.4. The average Bonchev–Trinajstić information content (AvgIpc) is 2.30. The lowest BCUT2D eigenvalue weighted by Gasteiger charge is -2.12. The van der Waals surface area contributed by atoms with Crippen LogP contribution in [0.5, 0.6) is 0 Å². The number of carbonyl (C=O) groups excluding carboxylic acids is 1. The minimum Gasteiger partial charge on any atom is -0.322 e. The van der Waals surface area contributed by atoms with E-state index in [1.165, 1.54) is 26.2 Å². The van der Waals surface area contributed by atoms with Crippen LogP contribution in [0.3, 0.4) is 0 Å². The lowest BCUT2D eigenvalue weighted by atomic mass is 10.4. The zero-order valence-corrected chi connectivity index (χ0v) is 12.5. The van der Waals surface area contributed by atoms with Gasteiger partial charge < -0.3 is 5.32 Å². The molecule has 0 spiro atoms. The number of nitrogens with zero attached hydrogens (tertiary/aromatic N) is 2. The lowest BCUT2D eigenvalue weighted by Crippen LogP contribution is -2.40. The van der Waals surface area contributed by atoms with Crippen molar-refractivity contribution in [2.75, 3.05) is 26.0 Å². The highest BCUT2D eigenvalue weighted by molar-refractivity contribution is 7.87. The SMILES string of the molecule is CN(C)S(=O)(=O)NCC(=O)Nc1ccc(Cl)nc1Cl. The maximum absolute atomic E-state index is 11.5. The van der Waals surface area contributed by atoms with Gasteiger partial charge in [-0.05, 0) is 12.1 Å². The van der Waals surface area contributed by atoms with Crippen molar-refractivity contribution in [3.8, 4) is 0 Å². The Balaban J connectivity index is 2.62. The largest absolute Gasteiger partial charge is 0.322 e. The number of pyridine rings is 1. The van der Waals surface area contributed by atoms with Crippen molar-refractivity contribution < 1.29 is 13.2 Å². The molecule has 1 aromatic rings. The Morgan fingerprint density at radius 1 is 1.37 bits per heavy atom. The molecule has 1 rings (SSSR count). The fourth-order valence-corrected chi connectivity index (χ4v) is 1.95. The van der Waals surface area contributed by atoms with Gasteiger partial charge in [-0.3, -0.25) is 4.79 Å². The first-order valence-corrected chi connectivity index (χ1v) is 7.21. The molecule has 19 heavy (non-hydrogen) atoms. The summed E-state index contributed by atoms with van der Waals surface area (Å²) in [6.07, 6.45) is 0. The Kier molecular flexibility index (Phi) is 5.50. The summed E-state index contributed by atoms with van der Waals surface area (Å²) in [5, 5.41) is 2.63. The van der Waals surface area contributed by atoms with E-state index >= 15 is 0 Å². The van der Waals surface area contributed by atoms with Crippen molar-refractivity contribution in [3.63, 3.8) is 0 Å². The van der Waals surface area contributed by atoms with Crippen molar-refractivity contribution in [3.05, 3.63) is 22.4 Å². The number of hydrogen-bond donors (Lipinski definition) is 2. The topological polar surface area (TPSA) is 91.4 Å². The highest BCUT2D eigenvalue weighted by Gasteiger charge is 2.15. The molecule has 0 bridgehead atoms. The molecule has 0 saturated carbocycles. The molecule has 0 fully saturated rings. The average molecular weight is 327 g/mol. The Bertz CT molecular complexity index is 577. The second-order valence-corrected chi connectivity index (χ2v) is 6.34. The van der Waals surface area contributed by atoms with E-state index in [0.717, 1.165) is 4.31 Å². The molecule has 2 N–H and O–H groups in total. The van der Waals surface area contributed by atoms with Gasteiger partial charge in [0, 0.05) is 14.1 Å². The second kappa shape index (κ2) is 6.49. The first-order valence-electron chi connectivity index (χ1n) is 5.01. The van der Waals surface area contributed by atoms with Gasteiger partial charge in [0.25, 0.3) is 10.2 Å². The molecule has 106 valence electrons. The summed E-state index contributed by atoms with van der Waals surface area (Å²) < 4.78 is 25.8. The third-order valence-corrected chi connectivity index (χ3v) is 3.95. The molecule has 0 aliphatic heterocycles. The van der Waals surface area contributed by atoms with Crippen LogP contribution in [0, 0.1) is 0 Å². The first kappa shape index (κ1) is 16.1. The Hall–Kier alpha value is -0.930. The molecule has 0 radical (unpaired) electrons. The van der Waals surface area contributed by atoms with Crippen molar-refractivity contribution in [2.45, 2.75) is 0 Å². The van der Waals surface area contributed by atoms with E-state index in [2.05, 4.69) is 15.0 Å². The predicted molar refractivity (Wildman–Crippen MR) is 73.5 cm³/mol. The molecule has 0 atom stereocenters. The van der Waals surface area contributed by atoms with E-state index in [-0.39, 0.29) is 16.0 Å². The smallest absolute Gasteiger partial charge is 0.279 e. The van der Waals surface area contributed by atoms with Gasteiger partial charge in [0.1, 0.15) is 5.15 Å². The molecule has 0 unspecified atom stereocenters. The number of hydrogen-bond acceptors (Lipinski definition) is 4. The number of anilines is 1. The third kappa shape index (κ3) is 4.92. The molecule has 1 amide bonds. The van der Waals surface area contributed by atoms with Crippen molar-refractivity contribution in [1.82, 2.24) is 14.0 Å². The van der Waals surface area contributed by atoms with E-state index in [0.29, 0.717) is 0 Å². The van der Waals surface area contributed by atoms with Crippen LogP contribution in [0.25, 0.3) is 0 Å². The minimum atomic E-state index is -3.65. The number of nitrogens with one attached hydrogen (secondary N) is 2. The van der Waals surface area contributed by atoms with Crippen molar-refractivity contribution in [2.24, 2.45) is 0 Å². The molecule has 1 aromatic heterocycles. The summed E-state index contributed by atoms with van der Waals surface area (Å²) in [6, 6.07) is 2.92. The maximum Gasteiger partial charge on any atom is 0.279 e. The molecule has 10 heteroatoms. The van der Waals surface area contributed by atoms with Gasteiger partial charge >= 0.3 is 0 Å². The molecule has 1 heterocycles. The number of rotatable bonds is 5. The third-order valence-electron chi connectivity index (χ3n) is 1.98. The molecule has 0 aliphatic rings. The van der Waals surface area contributed by atoms with Crippen LogP contribution in [0.2, 0.25) is 10.3 Å². The zero-order valence-electron chi connectivity index (χ0n) is 10.1. The molecule has 0 saturated heterocycles. The Labute approximate surface area is 121 Å². The normalized spacial score (nSPS) is 11.6. The summed E-state index contributed by atoms with van der Waals surface area (Å²) in [4.78, 5) is 15.3. The van der Waals surface area contributed by atoms with Gasteiger partial charge in [0.15, 0.2) is 5.15 Å². The van der Waals surface area contributed by atoms with Gasteiger partial charge in [0.05, 0.1) is 12.2 Å². The van der Waals surface area contributed by atoms with Crippen LogP contribution < -0.4 is 10.0 Å². The van der Waals surface area contributed by atoms with Crippen LogP contribution in [-0.2, 0) is 15.0 Å². The van der Waals surface area contributed by atoms with E-state index in [1.54, 1.807) is 0 Å². The predicted octanol–water partition coefficient (Wildman–Crippen LogP) is 0.723. The molecule has 7 nitrogen and oxygen atoms in total. The highest BCUT2D eigenvalue weighted by Crippen LogP contribution is 2.21. The van der Waals surface area contributed by atoms with Crippen LogP contribution in [0.15, 0.2) is 12.1 Å². The van der Waals surface area contributed by atoms with E-state index < -0.39 is 22.7 Å². The van der Waals surface area contributed by atoms with Gasteiger partial charge in [-0.2, -0.15) is 17.4 Å². The van der Waals surface area contributed by atoms with Crippen LogP contribution in [-0.4, -0.2) is 44.3 Å². The fraction of sp³-hybridized carbons (Fsp3) is 0.333. The summed E-state index contributed by atoms with van der Waals surface area (Å²) in [7, 11) is -0.955. The Morgan fingerprint density at radius 3 is 2.53 bits per heavy atom. The Morgan fingerprint density at radius 2 is 2.00 bits per heavy atom. The van der Waals surface area contributed by atoms with Crippen LogP contribution in [0.1, 0.15) is 0 Å². The van der Waals surface area contributed by atoms with Crippen LogP contribution >= 0.6 is 23.2 Å². The molecular weight excluding hydrogens is 315 g/mol. The van der Waals surface area contributed by atoms with Crippen molar-refractivity contribution in [1.29, 1.82) is 0 Å². The summed E-state index contributed by atoms with van der Waals surface area (Å²) in [5.41, 5.74) is 0.250.